The predicted molar refractivity (Wildman–Crippen MR) is 111 cm³/mol. The highest BCUT2D eigenvalue weighted by molar-refractivity contribution is 5.96. The summed E-state index contributed by atoms with van der Waals surface area (Å²) in [4.78, 5) is 27.8. The fourth-order valence-corrected chi connectivity index (χ4v) is 3.44. The van der Waals surface area contributed by atoms with Crippen LogP contribution in [0.1, 0.15) is 28.1 Å². The number of rotatable bonds is 5. The van der Waals surface area contributed by atoms with Crippen molar-refractivity contribution in [1.82, 2.24) is 15.8 Å². The molecule has 0 spiro atoms. The number of aromatic nitrogens is 1. The molecule has 0 bridgehead atoms. The second kappa shape index (κ2) is 8.24. The molecule has 0 aliphatic rings. The number of nitrogens with one attached hydrogen (secondary N) is 3. The quantitative estimate of drug-likeness (QED) is 0.434. The smallest absolute Gasteiger partial charge is 0.273 e. The molecule has 2 aromatic carbocycles. The Labute approximate surface area is 172 Å². The van der Waals surface area contributed by atoms with E-state index in [9.17, 15) is 14.0 Å². The van der Waals surface area contributed by atoms with E-state index < -0.39 is 5.91 Å². The molecule has 152 valence electrons. The zero-order valence-corrected chi connectivity index (χ0v) is 16.3. The lowest BCUT2D eigenvalue weighted by Gasteiger charge is -2.08. The van der Waals surface area contributed by atoms with Crippen molar-refractivity contribution in [2.24, 2.45) is 0 Å². The van der Waals surface area contributed by atoms with Crippen LogP contribution < -0.4 is 10.9 Å². The minimum atomic E-state index is -0.436. The number of H-pyrrole nitrogens is 1. The summed E-state index contributed by atoms with van der Waals surface area (Å²) in [7, 11) is 0. The summed E-state index contributed by atoms with van der Waals surface area (Å²) in [5, 5.41) is 1.00. The number of halogens is 1. The number of benzene rings is 2. The van der Waals surface area contributed by atoms with E-state index in [4.69, 9.17) is 4.42 Å². The number of hydrazine groups is 1. The second-order valence-electron chi connectivity index (χ2n) is 6.92. The van der Waals surface area contributed by atoms with Gasteiger partial charge in [-0.05, 0) is 60.9 Å². The first-order chi connectivity index (χ1) is 14.5. The maximum Gasteiger partial charge on any atom is 0.273 e. The Morgan fingerprint density at radius 3 is 2.53 bits per heavy atom. The van der Waals surface area contributed by atoms with Gasteiger partial charge in [0.2, 0.25) is 5.91 Å². The van der Waals surface area contributed by atoms with Crippen molar-refractivity contribution in [3.63, 3.8) is 0 Å². The van der Waals surface area contributed by atoms with E-state index in [1.165, 1.54) is 24.5 Å². The van der Waals surface area contributed by atoms with Crippen LogP contribution in [0.3, 0.4) is 0 Å². The van der Waals surface area contributed by atoms with E-state index in [2.05, 4.69) is 15.8 Å². The van der Waals surface area contributed by atoms with Gasteiger partial charge in [-0.1, -0.05) is 18.2 Å². The summed E-state index contributed by atoms with van der Waals surface area (Å²) in [5.41, 5.74) is 8.79. The lowest BCUT2D eigenvalue weighted by molar-refractivity contribution is -0.121. The number of amides is 2. The van der Waals surface area contributed by atoms with Crippen molar-refractivity contribution in [3.8, 4) is 11.3 Å². The number of aromatic amines is 1. The summed E-state index contributed by atoms with van der Waals surface area (Å²) < 4.78 is 18.4. The molecule has 3 N–H and O–H groups in total. The monoisotopic (exact) mass is 405 g/mol. The molecule has 4 rings (SSSR count). The van der Waals surface area contributed by atoms with Gasteiger partial charge in [0, 0.05) is 23.0 Å². The zero-order chi connectivity index (χ0) is 21.1. The van der Waals surface area contributed by atoms with Gasteiger partial charge in [0.05, 0.1) is 11.8 Å². The predicted octanol–water partition coefficient (Wildman–Crippen LogP) is 4.27. The molecule has 0 aliphatic carbocycles. The van der Waals surface area contributed by atoms with Gasteiger partial charge in [0.25, 0.3) is 5.91 Å². The molecule has 0 radical (unpaired) electrons. The van der Waals surface area contributed by atoms with Crippen molar-refractivity contribution in [3.05, 3.63) is 83.6 Å². The topological polar surface area (TPSA) is 87.1 Å². The Kier molecular flexibility index (Phi) is 5.34. The van der Waals surface area contributed by atoms with Crippen LogP contribution >= 0.6 is 0 Å². The Bertz CT molecular complexity index is 1210. The first-order valence-electron chi connectivity index (χ1n) is 9.51. The molecule has 4 aromatic rings. The highest BCUT2D eigenvalue weighted by Gasteiger charge is 2.16. The number of carbonyl (C=O) groups excluding carboxylic acids is 2. The summed E-state index contributed by atoms with van der Waals surface area (Å²) >= 11 is 0. The zero-order valence-electron chi connectivity index (χ0n) is 16.3. The minimum Gasteiger partial charge on any atom is -0.469 e. The molecular weight excluding hydrogens is 385 g/mol. The molecule has 0 unspecified atom stereocenters. The van der Waals surface area contributed by atoms with Crippen molar-refractivity contribution in [2.75, 3.05) is 0 Å². The second-order valence-corrected chi connectivity index (χ2v) is 6.92. The SMILES string of the molecule is Cc1occc1C(=O)NNC(=O)CCc1c(-c2ccc(F)cc2)[nH]c2ccccc12. The summed E-state index contributed by atoms with van der Waals surface area (Å²) in [6, 6.07) is 15.6. The number of carbonyl (C=O) groups is 2. The van der Waals surface area contributed by atoms with Crippen LogP contribution in [0.4, 0.5) is 4.39 Å². The van der Waals surface area contributed by atoms with Crippen LogP contribution in [0.5, 0.6) is 0 Å². The first kappa shape index (κ1) is 19.4. The van der Waals surface area contributed by atoms with E-state index >= 15 is 0 Å². The number of para-hydroxylation sites is 1. The number of fused-ring (bicyclic) bond motifs is 1. The number of furan rings is 1. The molecular formula is C23H20FN3O3. The van der Waals surface area contributed by atoms with Gasteiger partial charge < -0.3 is 9.40 Å². The average Bonchev–Trinajstić information content (AvgIpc) is 3.34. The van der Waals surface area contributed by atoms with E-state index in [1.54, 1.807) is 19.1 Å². The number of aryl methyl sites for hydroxylation is 2. The number of hydrogen-bond acceptors (Lipinski definition) is 3. The fraction of sp³-hybridized carbons (Fsp3) is 0.130. The maximum absolute atomic E-state index is 13.3. The van der Waals surface area contributed by atoms with E-state index in [1.807, 2.05) is 24.3 Å². The third-order valence-corrected chi connectivity index (χ3v) is 4.97. The Balaban J connectivity index is 1.48. The third-order valence-electron chi connectivity index (χ3n) is 4.97. The summed E-state index contributed by atoms with van der Waals surface area (Å²) in [6.07, 6.45) is 2.03. The van der Waals surface area contributed by atoms with Crippen molar-refractivity contribution < 1.29 is 18.4 Å². The van der Waals surface area contributed by atoms with Crippen LogP contribution in [0, 0.1) is 12.7 Å². The molecule has 7 heteroatoms. The van der Waals surface area contributed by atoms with Crippen LogP contribution in [0.25, 0.3) is 22.2 Å². The van der Waals surface area contributed by atoms with E-state index in [-0.39, 0.29) is 18.1 Å². The molecule has 2 aromatic heterocycles. The molecule has 0 aliphatic heterocycles. The summed E-state index contributed by atoms with van der Waals surface area (Å²) in [5.74, 6) is -0.586. The minimum absolute atomic E-state index is 0.167. The molecule has 0 saturated heterocycles. The van der Waals surface area contributed by atoms with Gasteiger partial charge in [-0.3, -0.25) is 20.4 Å². The third kappa shape index (κ3) is 3.96. The summed E-state index contributed by atoms with van der Waals surface area (Å²) in [6.45, 7) is 1.67. The van der Waals surface area contributed by atoms with Gasteiger partial charge in [-0.25, -0.2) is 4.39 Å². The van der Waals surface area contributed by atoms with Crippen molar-refractivity contribution >= 4 is 22.7 Å². The lowest BCUT2D eigenvalue weighted by Crippen LogP contribution is -2.41. The lowest BCUT2D eigenvalue weighted by atomic mass is 10.0. The van der Waals surface area contributed by atoms with Crippen LogP contribution in [-0.2, 0) is 11.2 Å². The molecule has 2 amide bonds. The van der Waals surface area contributed by atoms with Crippen molar-refractivity contribution in [2.45, 2.75) is 19.8 Å². The largest absolute Gasteiger partial charge is 0.469 e. The number of hydrogen-bond donors (Lipinski definition) is 3. The van der Waals surface area contributed by atoms with Crippen LogP contribution in [0.15, 0.2) is 65.3 Å². The molecule has 30 heavy (non-hydrogen) atoms. The molecule has 2 heterocycles. The maximum atomic E-state index is 13.3. The molecule has 0 atom stereocenters. The normalized spacial score (nSPS) is 10.9. The van der Waals surface area contributed by atoms with E-state index in [0.29, 0.717) is 17.7 Å². The van der Waals surface area contributed by atoms with Crippen LogP contribution in [0.2, 0.25) is 0 Å². The van der Waals surface area contributed by atoms with Gasteiger partial charge >= 0.3 is 0 Å². The van der Waals surface area contributed by atoms with Gasteiger partial charge in [-0.15, -0.1) is 0 Å². The highest BCUT2D eigenvalue weighted by Crippen LogP contribution is 2.31. The average molecular weight is 405 g/mol. The van der Waals surface area contributed by atoms with Crippen LogP contribution in [-0.4, -0.2) is 16.8 Å². The van der Waals surface area contributed by atoms with Gasteiger partial charge in [0.15, 0.2) is 0 Å². The van der Waals surface area contributed by atoms with E-state index in [0.717, 1.165) is 27.7 Å². The Morgan fingerprint density at radius 1 is 1.03 bits per heavy atom. The molecule has 0 saturated carbocycles. The standard InChI is InChI=1S/C23H20FN3O3/c1-14-17(12-13-30-14)23(29)27-26-21(28)11-10-19-18-4-2-3-5-20(18)25-22(19)15-6-8-16(24)9-7-15/h2-9,12-13,25H,10-11H2,1H3,(H,26,28)(H,27,29). The van der Waals surface area contributed by atoms with Crippen molar-refractivity contribution in [1.29, 1.82) is 0 Å². The molecule has 0 fully saturated rings. The Hall–Kier alpha value is -3.87. The fourth-order valence-electron chi connectivity index (χ4n) is 3.44. The Morgan fingerprint density at radius 2 is 1.80 bits per heavy atom. The van der Waals surface area contributed by atoms with Gasteiger partial charge in [-0.2, -0.15) is 0 Å². The highest BCUT2D eigenvalue weighted by atomic mass is 19.1. The first-order valence-corrected chi connectivity index (χ1v) is 9.51. The molecule has 6 nitrogen and oxygen atoms in total. The van der Waals surface area contributed by atoms with Gasteiger partial charge in [0.1, 0.15) is 11.6 Å².